The third-order valence-corrected chi connectivity index (χ3v) is 6.48. The van der Waals surface area contributed by atoms with Crippen LogP contribution in [0.1, 0.15) is 29.7 Å². The average molecular weight is 481 g/mol. The van der Waals surface area contributed by atoms with Crippen LogP contribution >= 0.6 is 0 Å². The molecule has 35 heavy (non-hydrogen) atoms. The summed E-state index contributed by atoms with van der Waals surface area (Å²) in [5, 5.41) is 11.3. The van der Waals surface area contributed by atoms with Gasteiger partial charge in [-0.15, -0.1) is 0 Å². The number of ether oxygens (including phenoxy) is 3. The third-order valence-electron chi connectivity index (χ3n) is 6.48. The van der Waals surface area contributed by atoms with Crippen molar-refractivity contribution < 1.29 is 28.9 Å². The normalized spacial score (nSPS) is 20.3. The van der Waals surface area contributed by atoms with E-state index in [1.807, 2.05) is 26.0 Å². The number of ketones is 1. The van der Waals surface area contributed by atoms with E-state index in [1.165, 1.54) is 0 Å². The van der Waals surface area contributed by atoms with Gasteiger partial charge in [0.05, 0.1) is 38.5 Å². The number of likely N-dealkylation sites (tertiary alicyclic amines) is 1. The van der Waals surface area contributed by atoms with Crippen LogP contribution in [0.5, 0.6) is 11.5 Å². The number of nitrogens with zero attached hydrogens (tertiary/aromatic N) is 2. The molecule has 0 spiro atoms. The molecule has 2 heterocycles. The van der Waals surface area contributed by atoms with Gasteiger partial charge in [-0.1, -0.05) is 12.1 Å². The van der Waals surface area contributed by atoms with Gasteiger partial charge in [-0.2, -0.15) is 0 Å². The lowest BCUT2D eigenvalue weighted by Gasteiger charge is -2.31. The fourth-order valence-electron chi connectivity index (χ4n) is 4.59. The van der Waals surface area contributed by atoms with E-state index in [0.29, 0.717) is 50.0 Å². The lowest BCUT2D eigenvalue weighted by Crippen LogP contribution is -2.42. The molecular formula is C27H32N2O6. The zero-order valence-electron chi connectivity index (χ0n) is 20.5. The number of hydrogen-bond donors (Lipinski definition) is 1. The second-order valence-corrected chi connectivity index (χ2v) is 8.63. The number of rotatable bonds is 8. The van der Waals surface area contributed by atoms with E-state index < -0.39 is 17.7 Å². The van der Waals surface area contributed by atoms with E-state index in [-0.39, 0.29) is 11.3 Å². The minimum absolute atomic E-state index is 0.0886. The number of aliphatic hydroxyl groups excluding tert-OH is 1. The Balaban J connectivity index is 1.73. The predicted octanol–water partition coefficient (Wildman–Crippen LogP) is 3.16. The highest BCUT2D eigenvalue weighted by molar-refractivity contribution is 6.46. The molecule has 0 aliphatic carbocycles. The molecule has 0 unspecified atom stereocenters. The fraction of sp³-hybridized carbons (Fsp3) is 0.407. The largest absolute Gasteiger partial charge is 0.507 e. The second kappa shape index (κ2) is 10.9. The summed E-state index contributed by atoms with van der Waals surface area (Å²) in [4.78, 5) is 30.2. The molecule has 2 aliphatic heterocycles. The standard InChI is InChI=1S/C27H32N2O6/c1-4-35-22-10-7-20(17-18(22)2)25(30)23-24(19-5-8-21(33-3)9-6-19)29(27(32)26(23)31)12-11-28-13-15-34-16-14-28/h5-10,17,24,30H,4,11-16H2,1-3H3/t24-/m0/s1. The predicted molar refractivity (Wildman–Crippen MR) is 132 cm³/mol. The molecule has 0 saturated carbocycles. The van der Waals surface area contributed by atoms with Crippen LogP contribution in [0.15, 0.2) is 48.0 Å². The maximum atomic E-state index is 13.3. The number of carbonyl (C=O) groups excluding carboxylic acids is 2. The van der Waals surface area contributed by atoms with Crippen LogP contribution in [-0.4, -0.2) is 79.7 Å². The van der Waals surface area contributed by atoms with Crippen LogP contribution in [0.25, 0.3) is 5.76 Å². The molecule has 4 rings (SSSR count). The highest BCUT2D eigenvalue weighted by atomic mass is 16.5. The summed E-state index contributed by atoms with van der Waals surface area (Å²) in [7, 11) is 1.58. The van der Waals surface area contributed by atoms with Crippen molar-refractivity contribution in [1.82, 2.24) is 9.80 Å². The maximum absolute atomic E-state index is 13.3. The minimum atomic E-state index is -0.700. The molecule has 0 radical (unpaired) electrons. The zero-order chi connectivity index (χ0) is 24.9. The van der Waals surface area contributed by atoms with Crippen molar-refractivity contribution in [1.29, 1.82) is 0 Å². The topological polar surface area (TPSA) is 88.5 Å². The van der Waals surface area contributed by atoms with Crippen molar-refractivity contribution in [2.75, 3.05) is 53.1 Å². The monoisotopic (exact) mass is 480 g/mol. The molecule has 2 aliphatic rings. The Kier molecular flexibility index (Phi) is 7.73. The number of benzene rings is 2. The van der Waals surface area contributed by atoms with E-state index in [9.17, 15) is 14.7 Å². The van der Waals surface area contributed by atoms with Crippen LogP contribution in [-0.2, 0) is 14.3 Å². The fourth-order valence-corrected chi connectivity index (χ4v) is 4.59. The molecule has 0 aromatic heterocycles. The van der Waals surface area contributed by atoms with Gasteiger partial charge in [0.15, 0.2) is 0 Å². The summed E-state index contributed by atoms with van der Waals surface area (Å²) in [5.41, 5.74) is 2.12. The molecule has 1 N–H and O–H groups in total. The van der Waals surface area contributed by atoms with Gasteiger partial charge >= 0.3 is 0 Å². The number of Topliss-reactive ketones (excluding diaryl/α,β-unsaturated/α-hetero) is 1. The Hall–Kier alpha value is -3.36. The van der Waals surface area contributed by atoms with Crippen LogP contribution in [0.3, 0.4) is 0 Å². The smallest absolute Gasteiger partial charge is 0.295 e. The molecular weight excluding hydrogens is 448 g/mol. The Morgan fingerprint density at radius 1 is 1.09 bits per heavy atom. The summed E-state index contributed by atoms with van der Waals surface area (Å²) in [6.07, 6.45) is 0. The first-order valence-electron chi connectivity index (χ1n) is 11.9. The molecule has 8 heteroatoms. The Labute approximate surface area is 205 Å². The lowest BCUT2D eigenvalue weighted by molar-refractivity contribution is -0.140. The lowest BCUT2D eigenvalue weighted by atomic mass is 9.94. The molecule has 1 amide bonds. The van der Waals surface area contributed by atoms with Gasteiger partial charge in [0.1, 0.15) is 17.3 Å². The van der Waals surface area contributed by atoms with Crippen LogP contribution in [0.2, 0.25) is 0 Å². The summed E-state index contributed by atoms with van der Waals surface area (Å²) >= 11 is 0. The number of aliphatic hydroxyl groups is 1. The van der Waals surface area contributed by atoms with Gasteiger partial charge in [0.25, 0.3) is 11.7 Å². The Morgan fingerprint density at radius 2 is 1.80 bits per heavy atom. The van der Waals surface area contributed by atoms with E-state index >= 15 is 0 Å². The molecule has 1 atom stereocenters. The van der Waals surface area contributed by atoms with Gasteiger partial charge in [0, 0.05) is 31.7 Å². The minimum Gasteiger partial charge on any atom is -0.507 e. The van der Waals surface area contributed by atoms with Gasteiger partial charge in [-0.25, -0.2) is 0 Å². The summed E-state index contributed by atoms with van der Waals surface area (Å²) in [6, 6.07) is 11.8. The highest BCUT2D eigenvalue weighted by Crippen LogP contribution is 2.40. The van der Waals surface area contributed by atoms with Crippen molar-refractivity contribution in [2.45, 2.75) is 19.9 Å². The number of amides is 1. The molecule has 0 bridgehead atoms. The molecule has 2 saturated heterocycles. The number of hydrogen-bond acceptors (Lipinski definition) is 7. The Bertz CT molecular complexity index is 1110. The van der Waals surface area contributed by atoms with Gasteiger partial charge in [-0.05, 0) is 55.3 Å². The number of carbonyl (C=O) groups is 2. The molecule has 2 aromatic carbocycles. The molecule has 2 aromatic rings. The van der Waals surface area contributed by atoms with Gasteiger partial charge < -0.3 is 24.2 Å². The van der Waals surface area contributed by atoms with Crippen LogP contribution in [0, 0.1) is 6.92 Å². The number of aryl methyl sites for hydroxylation is 1. The second-order valence-electron chi connectivity index (χ2n) is 8.63. The zero-order valence-corrected chi connectivity index (χ0v) is 20.5. The van der Waals surface area contributed by atoms with E-state index in [1.54, 1.807) is 42.3 Å². The average Bonchev–Trinajstić information content (AvgIpc) is 3.14. The maximum Gasteiger partial charge on any atom is 0.295 e. The highest BCUT2D eigenvalue weighted by Gasteiger charge is 2.46. The first-order chi connectivity index (χ1) is 16.9. The van der Waals surface area contributed by atoms with Crippen LogP contribution in [0.4, 0.5) is 0 Å². The molecule has 8 nitrogen and oxygen atoms in total. The molecule has 186 valence electrons. The first kappa shape index (κ1) is 24.8. The van der Waals surface area contributed by atoms with Crippen molar-refractivity contribution in [3.05, 3.63) is 64.7 Å². The number of methoxy groups -OCH3 is 1. The number of morpholine rings is 1. The quantitative estimate of drug-likeness (QED) is 0.353. The summed E-state index contributed by atoms with van der Waals surface area (Å²) < 4.78 is 16.3. The van der Waals surface area contributed by atoms with Crippen molar-refractivity contribution in [3.8, 4) is 11.5 Å². The SMILES string of the molecule is CCOc1ccc(C(O)=C2C(=O)C(=O)N(CCN3CCOCC3)[C@H]2c2ccc(OC)cc2)cc1C. The van der Waals surface area contributed by atoms with Crippen LogP contribution < -0.4 is 9.47 Å². The summed E-state index contributed by atoms with van der Waals surface area (Å²) in [5.74, 6) is -0.104. The molecule has 2 fully saturated rings. The van der Waals surface area contributed by atoms with E-state index in [4.69, 9.17) is 14.2 Å². The first-order valence-corrected chi connectivity index (χ1v) is 11.9. The van der Waals surface area contributed by atoms with Gasteiger partial charge in [-0.3, -0.25) is 14.5 Å². The van der Waals surface area contributed by atoms with E-state index in [0.717, 1.165) is 24.2 Å². The van der Waals surface area contributed by atoms with E-state index in [2.05, 4.69) is 4.90 Å². The Morgan fingerprint density at radius 3 is 2.43 bits per heavy atom. The van der Waals surface area contributed by atoms with Crippen molar-refractivity contribution >= 4 is 17.4 Å². The van der Waals surface area contributed by atoms with Gasteiger partial charge in [0.2, 0.25) is 0 Å². The van der Waals surface area contributed by atoms with Crippen molar-refractivity contribution in [2.24, 2.45) is 0 Å². The summed E-state index contributed by atoms with van der Waals surface area (Å²) in [6.45, 7) is 8.15. The third kappa shape index (κ3) is 5.18. The van der Waals surface area contributed by atoms with Crippen molar-refractivity contribution in [3.63, 3.8) is 0 Å².